The minimum absolute atomic E-state index is 0.231. The fourth-order valence-corrected chi connectivity index (χ4v) is 1.44. The molecule has 3 nitrogen and oxygen atoms in total. The standard InChI is InChI=1S/C13H22O3/c1-7-10-11(14)16-13(5,9-3)12(4,8-2)15-6/h2H,7,9-10H2,1,3-6H3. The van der Waals surface area contributed by atoms with Crippen molar-refractivity contribution in [2.75, 3.05) is 7.11 Å². The van der Waals surface area contributed by atoms with Crippen LogP contribution < -0.4 is 0 Å². The predicted octanol–water partition coefficient (Wildman–Crippen LogP) is 2.54. The smallest absolute Gasteiger partial charge is 0.306 e. The predicted molar refractivity (Wildman–Crippen MR) is 63.9 cm³/mol. The topological polar surface area (TPSA) is 35.5 Å². The summed E-state index contributed by atoms with van der Waals surface area (Å²) in [4.78, 5) is 11.5. The molecule has 92 valence electrons. The van der Waals surface area contributed by atoms with Gasteiger partial charge >= 0.3 is 5.97 Å². The van der Waals surface area contributed by atoms with Crippen molar-refractivity contribution in [2.45, 2.75) is 58.2 Å². The maximum atomic E-state index is 11.5. The van der Waals surface area contributed by atoms with Crippen molar-refractivity contribution < 1.29 is 14.3 Å². The van der Waals surface area contributed by atoms with E-state index >= 15 is 0 Å². The molecular formula is C13H22O3. The number of rotatable bonds is 6. The third-order valence-corrected chi connectivity index (χ3v) is 3.16. The summed E-state index contributed by atoms with van der Waals surface area (Å²) < 4.78 is 10.8. The molecule has 16 heavy (non-hydrogen) atoms. The number of hydrogen-bond donors (Lipinski definition) is 0. The number of carbonyl (C=O) groups is 1. The Bertz CT molecular complexity index is 279. The SMILES string of the molecule is C#CC(C)(OC)C(C)(CC)OC(=O)CCC. The lowest BCUT2D eigenvalue weighted by atomic mass is 9.84. The van der Waals surface area contributed by atoms with Gasteiger partial charge in [0.2, 0.25) is 0 Å². The first-order chi connectivity index (χ1) is 7.39. The van der Waals surface area contributed by atoms with E-state index in [0.717, 1.165) is 6.42 Å². The van der Waals surface area contributed by atoms with Crippen LogP contribution in [0.25, 0.3) is 0 Å². The zero-order chi connectivity index (χ0) is 12.8. The Hall–Kier alpha value is -1.01. The first-order valence-corrected chi connectivity index (χ1v) is 5.63. The summed E-state index contributed by atoms with van der Waals surface area (Å²) in [5, 5.41) is 0. The van der Waals surface area contributed by atoms with E-state index in [1.807, 2.05) is 20.8 Å². The van der Waals surface area contributed by atoms with E-state index in [4.69, 9.17) is 15.9 Å². The van der Waals surface area contributed by atoms with E-state index in [1.165, 1.54) is 7.11 Å². The fraction of sp³-hybridized carbons (Fsp3) is 0.769. The van der Waals surface area contributed by atoms with Gasteiger partial charge in [0.25, 0.3) is 0 Å². The number of terminal acetylenes is 1. The maximum Gasteiger partial charge on any atom is 0.306 e. The molecule has 0 fully saturated rings. The van der Waals surface area contributed by atoms with Crippen molar-refractivity contribution in [1.82, 2.24) is 0 Å². The van der Waals surface area contributed by atoms with E-state index in [0.29, 0.717) is 12.8 Å². The Morgan fingerprint density at radius 3 is 2.25 bits per heavy atom. The van der Waals surface area contributed by atoms with Crippen molar-refractivity contribution in [2.24, 2.45) is 0 Å². The second kappa shape index (κ2) is 5.91. The number of methoxy groups -OCH3 is 1. The van der Waals surface area contributed by atoms with Crippen molar-refractivity contribution in [3.63, 3.8) is 0 Å². The number of carbonyl (C=O) groups excluding carboxylic acids is 1. The molecule has 2 atom stereocenters. The minimum Gasteiger partial charge on any atom is -0.455 e. The van der Waals surface area contributed by atoms with Crippen LogP contribution in [0.3, 0.4) is 0 Å². The Morgan fingerprint density at radius 2 is 1.94 bits per heavy atom. The van der Waals surface area contributed by atoms with Gasteiger partial charge in [-0.2, -0.15) is 0 Å². The third-order valence-electron chi connectivity index (χ3n) is 3.16. The molecule has 0 aromatic carbocycles. The number of hydrogen-bond acceptors (Lipinski definition) is 3. The summed E-state index contributed by atoms with van der Waals surface area (Å²) in [5.41, 5.74) is -1.69. The highest BCUT2D eigenvalue weighted by Gasteiger charge is 2.46. The van der Waals surface area contributed by atoms with Gasteiger partial charge in [-0.15, -0.1) is 6.42 Å². The largest absolute Gasteiger partial charge is 0.455 e. The minimum atomic E-state index is -0.898. The van der Waals surface area contributed by atoms with Crippen LogP contribution >= 0.6 is 0 Å². The van der Waals surface area contributed by atoms with E-state index in [-0.39, 0.29) is 5.97 Å². The van der Waals surface area contributed by atoms with E-state index in [1.54, 1.807) is 6.92 Å². The molecule has 2 unspecified atom stereocenters. The maximum absolute atomic E-state index is 11.5. The van der Waals surface area contributed by atoms with Crippen LogP contribution in [0.1, 0.15) is 47.0 Å². The Morgan fingerprint density at radius 1 is 1.38 bits per heavy atom. The number of esters is 1. The fourth-order valence-electron chi connectivity index (χ4n) is 1.44. The van der Waals surface area contributed by atoms with Crippen LogP contribution in [0, 0.1) is 12.3 Å². The molecular weight excluding hydrogens is 204 g/mol. The average molecular weight is 226 g/mol. The highest BCUT2D eigenvalue weighted by atomic mass is 16.6. The monoisotopic (exact) mass is 226 g/mol. The van der Waals surface area contributed by atoms with Crippen molar-refractivity contribution in [3.05, 3.63) is 0 Å². The molecule has 0 aromatic rings. The molecule has 0 aromatic heterocycles. The molecule has 0 spiro atoms. The summed E-state index contributed by atoms with van der Waals surface area (Å²) in [6.45, 7) is 7.43. The first kappa shape index (κ1) is 15.0. The molecule has 0 rings (SSSR count). The molecule has 0 amide bonds. The van der Waals surface area contributed by atoms with Gasteiger partial charge in [0, 0.05) is 13.5 Å². The Kier molecular flexibility index (Phi) is 5.53. The van der Waals surface area contributed by atoms with Gasteiger partial charge in [0.05, 0.1) is 0 Å². The van der Waals surface area contributed by atoms with Gasteiger partial charge in [-0.3, -0.25) is 4.79 Å². The van der Waals surface area contributed by atoms with Gasteiger partial charge in [-0.05, 0) is 26.7 Å². The average Bonchev–Trinajstić information content (AvgIpc) is 2.27. The van der Waals surface area contributed by atoms with Crippen LogP contribution in [-0.4, -0.2) is 24.3 Å². The van der Waals surface area contributed by atoms with E-state index in [9.17, 15) is 4.79 Å². The Balaban J connectivity index is 4.92. The summed E-state index contributed by atoms with van der Waals surface area (Å²) in [6.07, 6.45) is 7.24. The van der Waals surface area contributed by atoms with Gasteiger partial charge in [-0.25, -0.2) is 0 Å². The molecule has 0 aliphatic carbocycles. The molecule has 0 saturated heterocycles. The van der Waals surface area contributed by atoms with Crippen LogP contribution in [0.5, 0.6) is 0 Å². The molecule has 0 radical (unpaired) electrons. The summed E-state index contributed by atoms with van der Waals surface area (Å²) in [7, 11) is 1.53. The van der Waals surface area contributed by atoms with Crippen molar-refractivity contribution in [1.29, 1.82) is 0 Å². The second-order valence-electron chi connectivity index (χ2n) is 4.19. The van der Waals surface area contributed by atoms with Gasteiger partial charge in [0.1, 0.15) is 5.60 Å². The lowest BCUT2D eigenvalue weighted by molar-refractivity contribution is -0.183. The molecule has 0 saturated carbocycles. The Labute approximate surface area is 98.5 Å². The number of ether oxygens (including phenoxy) is 2. The van der Waals surface area contributed by atoms with Crippen LogP contribution in [-0.2, 0) is 14.3 Å². The van der Waals surface area contributed by atoms with Crippen LogP contribution in [0.15, 0.2) is 0 Å². The second-order valence-corrected chi connectivity index (χ2v) is 4.19. The molecule has 0 aliphatic heterocycles. The molecule has 0 heterocycles. The lowest BCUT2D eigenvalue weighted by Gasteiger charge is -2.40. The first-order valence-electron chi connectivity index (χ1n) is 5.63. The summed E-state index contributed by atoms with van der Waals surface area (Å²) in [5.74, 6) is 2.34. The molecule has 0 N–H and O–H groups in total. The van der Waals surface area contributed by atoms with Gasteiger partial charge < -0.3 is 9.47 Å². The van der Waals surface area contributed by atoms with Gasteiger partial charge in [0.15, 0.2) is 5.60 Å². The molecule has 0 bridgehead atoms. The normalized spacial score (nSPS) is 18.0. The highest BCUT2D eigenvalue weighted by molar-refractivity contribution is 5.70. The van der Waals surface area contributed by atoms with Crippen molar-refractivity contribution >= 4 is 5.97 Å². The lowest BCUT2D eigenvalue weighted by Crippen LogP contribution is -2.53. The van der Waals surface area contributed by atoms with Crippen LogP contribution in [0.4, 0.5) is 0 Å². The van der Waals surface area contributed by atoms with E-state index in [2.05, 4.69) is 5.92 Å². The third kappa shape index (κ3) is 2.99. The molecule has 3 heteroatoms. The van der Waals surface area contributed by atoms with E-state index < -0.39 is 11.2 Å². The molecule has 0 aliphatic rings. The van der Waals surface area contributed by atoms with Gasteiger partial charge in [-0.1, -0.05) is 19.8 Å². The summed E-state index contributed by atoms with van der Waals surface area (Å²) >= 11 is 0. The van der Waals surface area contributed by atoms with Crippen molar-refractivity contribution in [3.8, 4) is 12.3 Å². The zero-order valence-electron chi connectivity index (χ0n) is 10.9. The van der Waals surface area contributed by atoms with Crippen LogP contribution in [0.2, 0.25) is 0 Å². The summed E-state index contributed by atoms with van der Waals surface area (Å²) in [6, 6.07) is 0. The highest BCUT2D eigenvalue weighted by Crippen LogP contribution is 2.32. The zero-order valence-corrected chi connectivity index (χ0v) is 10.9. The quantitative estimate of drug-likeness (QED) is 0.515.